The molecule has 42 valence electrons. The fourth-order valence-electron chi connectivity index (χ4n) is 0.428. The van der Waals surface area contributed by atoms with E-state index in [1.165, 1.54) is 0 Å². The predicted octanol–water partition coefficient (Wildman–Crippen LogP) is 0.473. The van der Waals surface area contributed by atoms with Gasteiger partial charge in [0.05, 0.1) is 0 Å². The summed E-state index contributed by atoms with van der Waals surface area (Å²) in [4.78, 5) is 0. The molecule has 0 aliphatic rings. The van der Waals surface area contributed by atoms with Gasteiger partial charge in [0.2, 0.25) is 0 Å². The normalized spacial score (nSPS) is 6.67. The van der Waals surface area contributed by atoms with Crippen molar-refractivity contribution in [1.82, 2.24) is 0 Å². The van der Waals surface area contributed by atoms with Crippen LogP contribution < -0.4 is 0 Å². The van der Waals surface area contributed by atoms with E-state index in [0.717, 1.165) is 0 Å². The van der Waals surface area contributed by atoms with Crippen LogP contribution in [-0.4, -0.2) is 28.2 Å². The molecule has 0 atom stereocenters. The number of phenolic OH excluding ortho intramolecular Hbond substituents is 1. The number of para-hydroxylation sites is 1. The molecule has 1 aromatic carbocycles. The molecule has 1 aromatic rings. The summed E-state index contributed by atoms with van der Waals surface area (Å²) >= 11 is 0. The van der Waals surface area contributed by atoms with Crippen molar-refractivity contribution in [2.75, 3.05) is 0 Å². The second-order valence-corrected chi connectivity index (χ2v) is 1.34. The zero-order valence-corrected chi connectivity index (χ0v) is 7.51. The Bertz CT molecular complexity index is 143. The first kappa shape index (κ1) is 12.1. The Morgan fingerprint density at radius 3 is 1.67 bits per heavy atom. The zero-order valence-electron chi connectivity index (χ0n) is 4.54. The Balaban J connectivity index is 0. The number of benzene rings is 1. The molecule has 0 saturated carbocycles. The Morgan fingerprint density at radius 1 is 1.00 bits per heavy atom. The molecular weight excluding hydrogens is 178 g/mol. The van der Waals surface area contributed by atoms with Gasteiger partial charge in [-0.25, -0.2) is 0 Å². The molecule has 0 aliphatic heterocycles. The number of phenols is 1. The third kappa shape index (κ3) is 4.89. The van der Waals surface area contributed by atoms with Crippen molar-refractivity contribution >= 4 is 23.1 Å². The van der Waals surface area contributed by atoms with Gasteiger partial charge in [0, 0.05) is 19.5 Å². The molecule has 0 amide bonds. The van der Waals surface area contributed by atoms with Crippen LogP contribution in [0.3, 0.4) is 0 Å². The maximum absolute atomic E-state index is 8.63. The van der Waals surface area contributed by atoms with E-state index in [1.54, 1.807) is 24.3 Å². The fraction of sp³-hybridized carbons (Fsp3) is 0. The van der Waals surface area contributed by atoms with Crippen LogP contribution in [0.25, 0.3) is 0 Å². The Labute approximate surface area is 83.4 Å². The Hall–Kier alpha value is 0.410. The summed E-state index contributed by atoms with van der Waals surface area (Å²) < 4.78 is 0. The molecule has 1 N–H and O–H groups in total. The van der Waals surface area contributed by atoms with Gasteiger partial charge in [-0.1, -0.05) is 18.2 Å². The first-order valence-corrected chi connectivity index (χ1v) is 2.13. The summed E-state index contributed by atoms with van der Waals surface area (Å²) in [5, 5.41) is 8.63. The molecule has 0 bridgehead atoms. The SMILES string of the molecule is Oc1ccccc1.[MgH2].[Zn]. The number of hydrogen-bond acceptors (Lipinski definition) is 1. The van der Waals surface area contributed by atoms with Gasteiger partial charge in [0.25, 0.3) is 0 Å². The van der Waals surface area contributed by atoms with E-state index in [2.05, 4.69) is 0 Å². The molecule has 0 fully saturated rings. The van der Waals surface area contributed by atoms with Crippen LogP contribution in [0.4, 0.5) is 0 Å². The van der Waals surface area contributed by atoms with Gasteiger partial charge in [-0.2, -0.15) is 0 Å². The molecule has 3 heteroatoms. The van der Waals surface area contributed by atoms with Crippen molar-refractivity contribution in [2.24, 2.45) is 0 Å². The minimum Gasteiger partial charge on any atom is -0.508 e. The van der Waals surface area contributed by atoms with Crippen LogP contribution in [0.1, 0.15) is 0 Å². The summed E-state index contributed by atoms with van der Waals surface area (Å²) in [6.45, 7) is 0. The average Bonchev–Trinajstić information content (AvgIpc) is 1.69. The van der Waals surface area contributed by atoms with E-state index in [9.17, 15) is 0 Å². The van der Waals surface area contributed by atoms with Crippen LogP contribution in [0, 0.1) is 0 Å². The van der Waals surface area contributed by atoms with E-state index >= 15 is 0 Å². The standard InChI is InChI=1S/C6H6O.Mg.Zn.2H/c7-6-4-2-1-3-5-6;;;;/h1-5,7H;;;;. The molecule has 0 aliphatic carbocycles. The van der Waals surface area contributed by atoms with E-state index in [4.69, 9.17) is 5.11 Å². The Kier molecular flexibility index (Phi) is 8.79. The maximum Gasteiger partial charge on any atom is 0.316 e. The summed E-state index contributed by atoms with van der Waals surface area (Å²) in [6, 6.07) is 8.71. The zero-order chi connectivity index (χ0) is 5.11. The first-order chi connectivity index (χ1) is 3.39. The van der Waals surface area contributed by atoms with Gasteiger partial charge < -0.3 is 5.11 Å². The quantitative estimate of drug-likeness (QED) is 0.583. The van der Waals surface area contributed by atoms with Crippen molar-refractivity contribution in [3.63, 3.8) is 0 Å². The smallest absolute Gasteiger partial charge is 0.316 e. The van der Waals surface area contributed by atoms with Crippen molar-refractivity contribution in [2.45, 2.75) is 0 Å². The van der Waals surface area contributed by atoms with Gasteiger partial charge in [-0.15, -0.1) is 0 Å². The summed E-state index contributed by atoms with van der Waals surface area (Å²) in [5.41, 5.74) is 0. The van der Waals surface area contributed by atoms with Gasteiger partial charge in [-0.3, -0.25) is 0 Å². The molecule has 0 saturated heterocycles. The van der Waals surface area contributed by atoms with Gasteiger partial charge in [0.15, 0.2) is 0 Å². The van der Waals surface area contributed by atoms with Gasteiger partial charge in [0.1, 0.15) is 5.75 Å². The number of hydrogen-bond donors (Lipinski definition) is 1. The maximum atomic E-state index is 8.63. The van der Waals surface area contributed by atoms with Crippen molar-refractivity contribution in [1.29, 1.82) is 0 Å². The molecule has 1 rings (SSSR count). The molecule has 1 nitrogen and oxygen atoms in total. The molecule has 0 radical (unpaired) electrons. The predicted molar refractivity (Wildman–Crippen MR) is 36.7 cm³/mol. The molecule has 0 heterocycles. The average molecular weight is 186 g/mol. The largest absolute Gasteiger partial charge is 0.508 e. The van der Waals surface area contributed by atoms with Crippen molar-refractivity contribution in [3.8, 4) is 5.75 Å². The van der Waals surface area contributed by atoms with E-state index in [1.807, 2.05) is 6.07 Å². The third-order valence-electron chi connectivity index (χ3n) is 0.756. The topological polar surface area (TPSA) is 20.2 Å². The van der Waals surface area contributed by atoms with Crippen molar-refractivity contribution < 1.29 is 24.6 Å². The minimum absolute atomic E-state index is 0. The van der Waals surface area contributed by atoms with Crippen LogP contribution in [0.15, 0.2) is 30.3 Å². The van der Waals surface area contributed by atoms with Gasteiger partial charge >= 0.3 is 23.1 Å². The summed E-state index contributed by atoms with van der Waals surface area (Å²) in [7, 11) is 0. The van der Waals surface area contributed by atoms with Crippen LogP contribution in [0.5, 0.6) is 5.75 Å². The molecule has 9 heavy (non-hydrogen) atoms. The van der Waals surface area contributed by atoms with E-state index < -0.39 is 0 Å². The molecular formula is C6H8MgOZn. The first-order valence-electron chi connectivity index (χ1n) is 2.13. The summed E-state index contributed by atoms with van der Waals surface area (Å²) in [5.74, 6) is 0.322. The van der Waals surface area contributed by atoms with Crippen LogP contribution in [-0.2, 0) is 19.5 Å². The van der Waals surface area contributed by atoms with Crippen LogP contribution >= 0.6 is 0 Å². The van der Waals surface area contributed by atoms with E-state index in [0.29, 0.717) is 5.75 Å². The molecule has 0 unspecified atom stereocenters. The minimum atomic E-state index is 0. The van der Waals surface area contributed by atoms with Crippen LogP contribution in [0.2, 0.25) is 0 Å². The monoisotopic (exact) mass is 184 g/mol. The second-order valence-electron chi connectivity index (χ2n) is 1.34. The molecule has 0 spiro atoms. The van der Waals surface area contributed by atoms with E-state index in [-0.39, 0.29) is 42.5 Å². The fourth-order valence-corrected chi connectivity index (χ4v) is 0.428. The number of rotatable bonds is 0. The summed E-state index contributed by atoms with van der Waals surface area (Å²) in [6.07, 6.45) is 0. The second kappa shape index (κ2) is 6.53. The third-order valence-corrected chi connectivity index (χ3v) is 0.756. The van der Waals surface area contributed by atoms with Crippen molar-refractivity contribution in [3.05, 3.63) is 30.3 Å². The van der Waals surface area contributed by atoms with Gasteiger partial charge in [-0.05, 0) is 12.1 Å². The number of aromatic hydroxyl groups is 1. The Morgan fingerprint density at radius 2 is 1.44 bits per heavy atom. The molecule has 0 aromatic heterocycles.